The molecule has 5 unspecified atom stereocenters. The summed E-state index contributed by atoms with van der Waals surface area (Å²) in [4.78, 5) is 26.0. The molecule has 0 aromatic rings. The Morgan fingerprint density at radius 3 is 2.18 bits per heavy atom. The molecule has 15 heteroatoms. The van der Waals surface area contributed by atoms with Crippen LogP contribution in [0.3, 0.4) is 0 Å². The highest BCUT2D eigenvalue weighted by atomic mass is 31.3. The molecule has 1 aliphatic heterocycles. The van der Waals surface area contributed by atoms with Gasteiger partial charge in [0.05, 0.1) is 18.8 Å². The second-order valence-corrected chi connectivity index (χ2v) is 9.08. The van der Waals surface area contributed by atoms with E-state index in [1.807, 2.05) is 0 Å². The van der Waals surface area contributed by atoms with Crippen molar-refractivity contribution in [3.63, 3.8) is 0 Å². The third kappa shape index (κ3) is 6.84. The highest BCUT2D eigenvalue weighted by Crippen LogP contribution is 2.68. The zero-order valence-electron chi connectivity index (χ0n) is 11.5. The average Bonchev–Trinajstić information content (AvgIpc) is 2.61. The van der Waals surface area contributed by atoms with Crippen LogP contribution in [0.5, 0.6) is 0 Å². The molecule has 0 amide bonds. The van der Waals surface area contributed by atoms with Crippen LogP contribution >= 0.6 is 23.5 Å². The Kier molecular flexibility index (Phi) is 6.93. The lowest BCUT2D eigenvalue weighted by molar-refractivity contribution is -0.0178. The molecule has 0 bridgehead atoms. The van der Waals surface area contributed by atoms with Crippen LogP contribution in [0.1, 0.15) is 13.3 Å². The molecule has 1 fully saturated rings. The fraction of sp³-hybridized carbons (Fsp3) is 1.00. The third-order valence-corrected chi connectivity index (χ3v) is 6.66. The fourth-order valence-electron chi connectivity index (χ4n) is 1.64. The Bertz CT molecular complexity index is 515. The maximum atomic E-state index is 12.0. The summed E-state index contributed by atoms with van der Waals surface area (Å²) in [6.45, 7) is 1.18. The van der Waals surface area contributed by atoms with Crippen molar-refractivity contribution in [1.82, 2.24) is 0 Å². The van der Waals surface area contributed by atoms with E-state index in [1.54, 1.807) is 6.92 Å². The number of phosphoric ester groups is 1. The van der Waals surface area contributed by atoms with Gasteiger partial charge < -0.3 is 24.5 Å². The first-order chi connectivity index (χ1) is 9.86. The minimum atomic E-state index is -5.42. The van der Waals surface area contributed by atoms with E-state index in [0.717, 1.165) is 7.11 Å². The molecule has 0 aromatic carbocycles. The van der Waals surface area contributed by atoms with Gasteiger partial charge in [0.15, 0.2) is 0 Å². The number of rotatable bonds is 8. The normalized spacial score (nSPS) is 31.6. The van der Waals surface area contributed by atoms with E-state index in [-0.39, 0.29) is 6.10 Å². The summed E-state index contributed by atoms with van der Waals surface area (Å²) in [5.41, 5.74) is 0. The quantitative estimate of drug-likeness (QED) is 0.426. The molecule has 0 spiro atoms. The number of phosphoric acid groups is 3. The van der Waals surface area contributed by atoms with Crippen molar-refractivity contribution in [2.24, 2.45) is 0 Å². The molecule has 1 rings (SSSR count). The molecule has 1 aliphatic rings. The van der Waals surface area contributed by atoms with Crippen molar-refractivity contribution < 1.29 is 55.9 Å². The van der Waals surface area contributed by atoms with Crippen LogP contribution in [0, 0.1) is 0 Å². The first-order valence-corrected chi connectivity index (χ1v) is 10.3. The number of aliphatic hydroxyl groups excluding tert-OH is 1. The predicted octanol–water partition coefficient (Wildman–Crippen LogP) is 0.522. The van der Waals surface area contributed by atoms with Gasteiger partial charge in [0.2, 0.25) is 0 Å². The fourth-order valence-corrected chi connectivity index (χ4v) is 5.00. The first kappa shape index (κ1) is 20.4. The summed E-state index contributed by atoms with van der Waals surface area (Å²) in [5, 5.41) is 9.61. The Morgan fingerprint density at radius 2 is 1.77 bits per heavy atom. The van der Waals surface area contributed by atoms with E-state index in [9.17, 15) is 18.8 Å². The van der Waals surface area contributed by atoms with Gasteiger partial charge in [0, 0.05) is 13.5 Å². The summed E-state index contributed by atoms with van der Waals surface area (Å²) in [7, 11) is -14.7. The average molecular weight is 386 g/mol. The summed E-state index contributed by atoms with van der Waals surface area (Å²) in [5.74, 6) is 0. The van der Waals surface area contributed by atoms with Gasteiger partial charge in [-0.2, -0.15) is 8.62 Å². The molecule has 132 valence electrons. The van der Waals surface area contributed by atoms with Crippen LogP contribution in [-0.2, 0) is 36.1 Å². The van der Waals surface area contributed by atoms with Crippen LogP contribution in [-0.4, -0.2) is 51.8 Å². The summed E-state index contributed by atoms with van der Waals surface area (Å²) in [6.07, 6.45) is -1.74. The van der Waals surface area contributed by atoms with E-state index < -0.39 is 42.3 Å². The van der Waals surface area contributed by atoms with Crippen molar-refractivity contribution in [3.8, 4) is 0 Å². The Balaban J connectivity index is 2.66. The standard InChI is InChI=1S/C7H17O12P3/c1-5-3-6(8)7(17-5)4-16-22(14,15-2)19-21(12,13)18-20(9,10)11/h5-8H,3-4H2,1-2H3,(H,12,13)(H2,9,10,11). The lowest BCUT2D eigenvalue weighted by Crippen LogP contribution is -2.26. The highest BCUT2D eigenvalue weighted by molar-refractivity contribution is 7.66. The molecule has 0 aromatic heterocycles. The SMILES string of the molecule is COP(=O)(OCC1OC(C)CC1O)OP(=O)(O)OP(=O)(O)O. The van der Waals surface area contributed by atoms with Crippen LogP contribution in [0.4, 0.5) is 0 Å². The molecule has 0 aliphatic carbocycles. The molecule has 5 atom stereocenters. The van der Waals surface area contributed by atoms with Crippen LogP contribution < -0.4 is 0 Å². The van der Waals surface area contributed by atoms with Crippen LogP contribution in [0.15, 0.2) is 0 Å². The largest absolute Gasteiger partial charge is 0.490 e. The van der Waals surface area contributed by atoms with Crippen LogP contribution in [0.25, 0.3) is 0 Å². The van der Waals surface area contributed by atoms with E-state index in [2.05, 4.69) is 13.1 Å². The molecule has 22 heavy (non-hydrogen) atoms. The van der Waals surface area contributed by atoms with Crippen molar-refractivity contribution in [2.45, 2.75) is 31.7 Å². The third-order valence-electron chi connectivity index (χ3n) is 2.44. The van der Waals surface area contributed by atoms with E-state index in [1.165, 1.54) is 0 Å². The van der Waals surface area contributed by atoms with Gasteiger partial charge in [0.25, 0.3) is 0 Å². The maximum absolute atomic E-state index is 12.0. The number of ether oxygens (including phenoxy) is 1. The Hall–Kier alpha value is 0.330. The van der Waals surface area contributed by atoms with Gasteiger partial charge in [0.1, 0.15) is 6.10 Å². The second-order valence-electron chi connectivity index (χ2n) is 4.34. The maximum Gasteiger partial charge on any atom is 0.490 e. The van der Waals surface area contributed by atoms with Gasteiger partial charge in [-0.1, -0.05) is 0 Å². The smallest absolute Gasteiger partial charge is 0.390 e. The molecule has 0 radical (unpaired) electrons. The van der Waals surface area contributed by atoms with Gasteiger partial charge >= 0.3 is 23.5 Å². The van der Waals surface area contributed by atoms with Gasteiger partial charge in [-0.3, -0.25) is 9.05 Å². The van der Waals surface area contributed by atoms with Gasteiger partial charge in [-0.15, -0.1) is 0 Å². The molecule has 0 saturated carbocycles. The number of hydrogen-bond donors (Lipinski definition) is 4. The van der Waals surface area contributed by atoms with E-state index in [0.29, 0.717) is 6.42 Å². The van der Waals surface area contributed by atoms with E-state index >= 15 is 0 Å². The van der Waals surface area contributed by atoms with Crippen molar-refractivity contribution in [3.05, 3.63) is 0 Å². The van der Waals surface area contributed by atoms with Crippen molar-refractivity contribution in [1.29, 1.82) is 0 Å². The summed E-state index contributed by atoms with van der Waals surface area (Å²) >= 11 is 0. The lowest BCUT2D eigenvalue weighted by Gasteiger charge is -2.21. The molecule has 4 N–H and O–H groups in total. The molecule has 1 saturated heterocycles. The molecular formula is C7H17O12P3. The minimum absolute atomic E-state index is 0.270. The topological polar surface area (TPSA) is 178 Å². The first-order valence-electron chi connectivity index (χ1n) is 5.81. The van der Waals surface area contributed by atoms with Gasteiger partial charge in [-0.25, -0.2) is 13.7 Å². The zero-order chi connectivity index (χ0) is 17.2. The van der Waals surface area contributed by atoms with Crippen molar-refractivity contribution in [2.75, 3.05) is 13.7 Å². The van der Waals surface area contributed by atoms with Gasteiger partial charge in [-0.05, 0) is 6.92 Å². The second kappa shape index (κ2) is 7.48. The summed E-state index contributed by atoms with van der Waals surface area (Å²) < 4.78 is 55.5. The Labute approximate surface area is 125 Å². The van der Waals surface area contributed by atoms with Crippen LogP contribution in [0.2, 0.25) is 0 Å². The predicted molar refractivity (Wildman–Crippen MR) is 69.6 cm³/mol. The number of aliphatic hydroxyl groups is 1. The van der Waals surface area contributed by atoms with E-state index in [4.69, 9.17) is 23.9 Å². The molecular weight excluding hydrogens is 369 g/mol. The Morgan fingerprint density at radius 1 is 1.18 bits per heavy atom. The summed E-state index contributed by atoms with van der Waals surface area (Å²) in [6, 6.07) is 0. The minimum Gasteiger partial charge on any atom is -0.390 e. The zero-order valence-corrected chi connectivity index (χ0v) is 14.2. The number of hydrogen-bond acceptors (Lipinski definition) is 9. The highest BCUT2D eigenvalue weighted by Gasteiger charge is 2.43. The lowest BCUT2D eigenvalue weighted by atomic mass is 10.1. The molecule has 1 heterocycles. The molecule has 12 nitrogen and oxygen atoms in total. The monoisotopic (exact) mass is 386 g/mol. The van der Waals surface area contributed by atoms with Crippen molar-refractivity contribution >= 4 is 23.5 Å².